The van der Waals surface area contributed by atoms with Crippen LogP contribution in [0.5, 0.6) is 0 Å². The molecule has 0 saturated heterocycles. The van der Waals surface area contributed by atoms with E-state index in [9.17, 15) is 8.42 Å². The lowest BCUT2D eigenvalue weighted by Crippen LogP contribution is -2.42. The maximum atomic E-state index is 12.1. The topological polar surface area (TPSA) is 57.6 Å². The summed E-state index contributed by atoms with van der Waals surface area (Å²) in [4.78, 5) is 2.36. The van der Waals surface area contributed by atoms with Gasteiger partial charge in [-0.2, -0.15) is 0 Å². The minimum absolute atomic E-state index is 0.00563. The van der Waals surface area contributed by atoms with E-state index in [1.807, 2.05) is 31.0 Å². The van der Waals surface area contributed by atoms with E-state index in [0.29, 0.717) is 11.3 Å². The molecule has 1 aliphatic rings. The summed E-state index contributed by atoms with van der Waals surface area (Å²) in [6, 6.07) is 5.23. The first kappa shape index (κ1) is 12.4. The lowest BCUT2D eigenvalue weighted by atomic mass is 10.1. The predicted molar refractivity (Wildman–Crippen MR) is 67.1 cm³/mol. The first-order valence-corrected chi connectivity index (χ1v) is 7.28. The van der Waals surface area contributed by atoms with E-state index in [-0.39, 0.29) is 18.4 Å². The third-order valence-electron chi connectivity index (χ3n) is 3.25. The summed E-state index contributed by atoms with van der Waals surface area (Å²) >= 11 is 0. The number of fused-ring (bicyclic) bond motifs is 1. The van der Waals surface area contributed by atoms with Gasteiger partial charge >= 0.3 is 0 Å². The second-order valence-electron chi connectivity index (χ2n) is 4.53. The van der Waals surface area contributed by atoms with E-state index >= 15 is 0 Å². The van der Waals surface area contributed by atoms with Crippen LogP contribution < -0.4 is 4.90 Å². The zero-order chi connectivity index (χ0) is 12.6. The zero-order valence-electron chi connectivity index (χ0n) is 10.0. The number of anilines is 1. The Hall–Kier alpha value is -1.07. The van der Waals surface area contributed by atoms with Crippen LogP contribution in [0.25, 0.3) is 0 Å². The molecular formula is C12H17NO3S. The van der Waals surface area contributed by atoms with Crippen molar-refractivity contribution in [2.75, 3.05) is 24.3 Å². The highest BCUT2D eigenvalue weighted by atomic mass is 32.2. The van der Waals surface area contributed by atoms with Gasteiger partial charge in [0.1, 0.15) is 0 Å². The van der Waals surface area contributed by atoms with Crippen LogP contribution >= 0.6 is 0 Å². The van der Waals surface area contributed by atoms with Crippen LogP contribution in [0.1, 0.15) is 12.0 Å². The average Bonchev–Trinajstić information content (AvgIpc) is 2.25. The normalized spacial score (nSPS) is 22.3. The first-order chi connectivity index (χ1) is 7.95. The van der Waals surface area contributed by atoms with Crippen LogP contribution in [0.4, 0.5) is 5.69 Å². The molecule has 0 bridgehead atoms. The molecule has 0 aromatic heterocycles. The highest BCUT2D eigenvalue weighted by molar-refractivity contribution is 7.91. The van der Waals surface area contributed by atoms with Crippen LogP contribution in [0, 0.1) is 6.92 Å². The van der Waals surface area contributed by atoms with Gasteiger partial charge in [0, 0.05) is 19.7 Å². The summed E-state index contributed by atoms with van der Waals surface area (Å²) in [5, 5.41) is 8.99. The summed E-state index contributed by atoms with van der Waals surface area (Å²) in [6.07, 6.45) is 0.475. The molecule has 2 rings (SSSR count). The van der Waals surface area contributed by atoms with Gasteiger partial charge in [0.25, 0.3) is 0 Å². The van der Waals surface area contributed by atoms with Crippen LogP contribution in [0.2, 0.25) is 0 Å². The van der Waals surface area contributed by atoms with Crippen LogP contribution in [0.15, 0.2) is 23.1 Å². The number of hydrogen-bond donors (Lipinski definition) is 1. The van der Waals surface area contributed by atoms with Crippen LogP contribution in [-0.2, 0) is 9.84 Å². The molecular weight excluding hydrogens is 238 g/mol. The number of rotatable bonds is 2. The van der Waals surface area contributed by atoms with Crippen molar-refractivity contribution in [2.24, 2.45) is 0 Å². The van der Waals surface area contributed by atoms with Gasteiger partial charge in [-0.1, -0.05) is 6.07 Å². The summed E-state index contributed by atoms with van der Waals surface area (Å²) in [7, 11) is -1.33. The molecule has 1 aromatic carbocycles. The summed E-state index contributed by atoms with van der Waals surface area (Å²) in [5.41, 5.74) is 1.78. The average molecular weight is 255 g/mol. The molecule has 5 heteroatoms. The smallest absolute Gasteiger partial charge is 0.182 e. The van der Waals surface area contributed by atoms with Crippen molar-refractivity contribution in [3.05, 3.63) is 23.8 Å². The lowest BCUT2D eigenvalue weighted by Gasteiger charge is -2.35. The third-order valence-corrected chi connectivity index (χ3v) is 5.09. The van der Waals surface area contributed by atoms with Gasteiger partial charge in [0.15, 0.2) is 9.84 Å². The molecule has 0 saturated carbocycles. The molecule has 4 nitrogen and oxygen atoms in total. The van der Waals surface area contributed by atoms with E-state index in [0.717, 1.165) is 11.3 Å². The molecule has 0 radical (unpaired) electrons. The van der Waals surface area contributed by atoms with Gasteiger partial charge in [-0.25, -0.2) is 8.42 Å². The van der Waals surface area contributed by atoms with Crippen molar-refractivity contribution < 1.29 is 13.5 Å². The summed E-state index contributed by atoms with van der Waals surface area (Å²) in [5.74, 6) is 0.0835. The molecule has 0 spiro atoms. The van der Waals surface area contributed by atoms with E-state index in [1.54, 1.807) is 6.07 Å². The fourth-order valence-corrected chi connectivity index (χ4v) is 4.12. The number of benzene rings is 1. The summed E-state index contributed by atoms with van der Waals surface area (Å²) in [6.45, 7) is 1.95. The number of aliphatic hydroxyl groups is 1. The van der Waals surface area contributed by atoms with Gasteiger partial charge in [-0.05, 0) is 31.0 Å². The molecule has 94 valence electrons. The fourth-order valence-electron chi connectivity index (χ4n) is 2.24. The van der Waals surface area contributed by atoms with E-state index in [4.69, 9.17) is 5.11 Å². The molecule has 1 N–H and O–H groups in total. The molecule has 1 atom stereocenters. The lowest BCUT2D eigenvalue weighted by molar-refractivity contribution is 0.277. The molecule has 0 amide bonds. The highest BCUT2D eigenvalue weighted by Gasteiger charge is 2.33. The fraction of sp³-hybridized carbons (Fsp3) is 0.500. The van der Waals surface area contributed by atoms with Gasteiger partial charge in [-0.15, -0.1) is 0 Å². The van der Waals surface area contributed by atoms with Gasteiger partial charge in [0.05, 0.1) is 16.3 Å². The van der Waals surface area contributed by atoms with Crippen molar-refractivity contribution in [3.8, 4) is 0 Å². The largest absolute Gasteiger partial charge is 0.396 e. The maximum absolute atomic E-state index is 12.1. The Morgan fingerprint density at radius 3 is 2.82 bits per heavy atom. The zero-order valence-corrected chi connectivity index (χ0v) is 10.9. The number of nitrogens with zero attached hydrogens (tertiary/aromatic N) is 1. The Kier molecular flexibility index (Phi) is 3.14. The Balaban J connectivity index is 2.53. The van der Waals surface area contributed by atoms with Crippen molar-refractivity contribution in [3.63, 3.8) is 0 Å². The quantitative estimate of drug-likeness (QED) is 0.855. The Morgan fingerprint density at radius 2 is 2.18 bits per heavy atom. The monoisotopic (exact) mass is 255 g/mol. The third kappa shape index (κ3) is 2.17. The van der Waals surface area contributed by atoms with E-state index < -0.39 is 9.84 Å². The molecule has 0 aliphatic carbocycles. The SMILES string of the molecule is Cc1ccc2c(c1)N(C)C(CCO)CS2(=O)=O. The highest BCUT2D eigenvalue weighted by Crippen LogP contribution is 2.33. The number of aliphatic hydroxyl groups excluding tert-OH is 1. The molecule has 1 heterocycles. The molecule has 1 aromatic rings. The van der Waals surface area contributed by atoms with Gasteiger partial charge < -0.3 is 10.0 Å². The standard InChI is InChI=1S/C12H17NO3S/c1-9-3-4-12-11(7-9)13(2)10(5-6-14)8-17(12,15)16/h3-4,7,10,14H,5-6,8H2,1-2H3. The molecule has 1 unspecified atom stereocenters. The Bertz CT molecular complexity index is 525. The van der Waals surface area contributed by atoms with Gasteiger partial charge in [-0.3, -0.25) is 0 Å². The minimum Gasteiger partial charge on any atom is -0.396 e. The van der Waals surface area contributed by atoms with Crippen LogP contribution in [-0.4, -0.2) is 39.0 Å². The number of sulfone groups is 1. The maximum Gasteiger partial charge on any atom is 0.182 e. The second kappa shape index (κ2) is 4.31. The minimum atomic E-state index is -3.22. The van der Waals surface area contributed by atoms with E-state index in [2.05, 4.69) is 0 Å². The Morgan fingerprint density at radius 1 is 1.47 bits per heavy atom. The van der Waals surface area contributed by atoms with Crippen LogP contribution in [0.3, 0.4) is 0 Å². The van der Waals surface area contributed by atoms with Crippen molar-refractivity contribution in [2.45, 2.75) is 24.3 Å². The van der Waals surface area contributed by atoms with Crippen molar-refractivity contribution in [1.29, 1.82) is 0 Å². The van der Waals surface area contributed by atoms with Gasteiger partial charge in [0.2, 0.25) is 0 Å². The van der Waals surface area contributed by atoms with Crippen molar-refractivity contribution in [1.82, 2.24) is 0 Å². The molecule has 17 heavy (non-hydrogen) atoms. The predicted octanol–water partition coefficient (Wildman–Crippen LogP) is 0.970. The number of hydrogen-bond acceptors (Lipinski definition) is 4. The van der Waals surface area contributed by atoms with Crippen molar-refractivity contribution >= 4 is 15.5 Å². The Labute approximate surface area is 102 Å². The first-order valence-electron chi connectivity index (χ1n) is 5.63. The van der Waals surface area contributed by atoms with E-state index in [1.165, 1.54) is 0 Å². The molecule has 0 fully saturated rings. The molecule has 1 aliphatic heterocycles. The number of aryl methyl sites for hydroxylation is 1. The summed E-state index contributed by atoms with van der Waals surface area (Å²) < 4.78 is 24.2. The second-order valence-corrected chi connectivity index (χ2v) is 6.53.